The second-order valence-electron chi connectivity index (χ2n) is 2.90. The molecule has 1 aromatic carbocycles. The molecule has 0 saturated carbocycles. The predicted molar refractivity (Wildman–Crippen MR) is 55.7 cm³/mol. The second-order valence-corrected chi connectivity index (χ2v) is 5.03. The largest absolute Gasteiger partial charge is 0.694 e. The Kier molecular flexibility index (Phi) is 7.48. The van der Waals surface area contributed by atoms with Crippen LogP contribution in [0.1, 0.15) is 5.56 Å². The van der Waals surface area contributed by atoms with Crippen molar-refractivity contribution in [2.45, 2.75) is 11.3 Å². The number of hydrogen-bond acceptors (Lipinski definition) is 4. The zero-order chi connectivity index (χ0) is 12.2. The van der Waals surface area contributed by atoms with Crippen LogP contribution in [0.4, 0.5) is 0 Å². The monoisotopic (exact) mass is 355 g/mol. The summed E-state index contributed by atoms with van der Waals surface area (Å²) in [6.45, 7) is -0.0990. The first-order chi connectivity index (χ1) is 7.41. The molecule has 0 radical (unpaired) electrons. The molecule has 1 rings (SSSR count). The van der Waals surface area contributed by atoms with Crippen LogP contribution in [0.2, 0.25) is 0 Å². The molecule has 6 nitrogen and oxygen atoms in total. The molecule has 9 heteroatoms. The summed E-state index contributed by atoms with van der Waals surface area (Å²) in [5.74, 6) is 0. The van der Waals surface area contributed by atoms with Gasteiger partial charge in [-0.15, -0.1) is 9.42 Å². The molecule has 1 atom stereocenters. The second kappa shape index (κ2) is 7.46. The van der Waals surface area contributed by atoms with Gasteiger partial charge in [0, 0.05) is 37.2 Å². The molecular formula is C8H10O6PSZr+. The predicted octanol–water partition coefficient (Wildman–Crippen LogP) is 1.14. The van der Waals surface area contributed by atoms with Crippen LogP contribution in [0.25, 0.3) is 0 Å². The fourth-order valence-corrected chi connectivity index (χ4v) is 2.20. The maximum Gasteiger partial charge on any atom is 0.694 e. The van der Waals surface area contributed by atoms with Crippen molar-refractivity contribution in [1.82, 2.24) is 0 Å². The van der Waals surface area contributed by atoms with Crippen molar-refractivity contribution < 1.29 is 53.2 Å². The zero-order valence-electron chi connectivity index (χ0n) is 8.61. The van der Waals surface area contributed by atoms with Crippen LogP contribution in [0.5, 0.6) is 0 Å². The summed E-state index contributed by atoms with van der Waals surface area (Å²) < 4.78 is 45.5. The van der Waals surface area contributed by atoms with Gasteiger partial charge in [0.1, 0.15) is 6.61 Å². The van der Waals surface area contributed by atoms with Crippen molar-refractivity contribution in [2.24, 2.45) is 0 Å². The molecule has 17 heavy (non-hydrogen) atoms. The van der Waals surface area contributed by atoms with E-state index in [0.29, 0.717) is 5.56 Å². The average molecular weight is 356 g/mol. The van der Waals surface area contributed by atoms with E-state index in [1.165, 1.54) is 18.2 Å². The Balaban J connectivity index is 0.00000256. The molecule has 0 aliphatic rings. The summed E-state index contributed by atoms with van der Waals surface area (Å²) >= 11 is 0. The Morgan fingerprint density at radius 3 is 2.41 bits per heavy atom. The van der Waals surface area contributed by atoms with E-state index in [9.17, 15) is 13.0 Å². The zero-order valence-corrected chi connectivity index (χ0v) is 12.8. The first-order valence-electron chi connectivity index (χ1n) is 4.25. The summed E-state index contributed by atoms with van der Waals surface area (Å²) in [5.41, 5.74) is 0.335. The van der Waals surface area contributed by atoms with Gasteiger partial charge in [-0.05, 0) is 11.6 Å². The number of benzene rings is 1. The molecule has 0 amide bonds. The summed E-state index contributed by atoms with van der Waals surface area (Å²) in [6.07, 6.45) is 0.123. The molecule has 0 bridgehead atoms. The van der Waals surface area contributed by atoms with Gasteiger partial charge in [0.15, 0.2) is 0 Å². The Labute approximate surface area is 119 Å². The minimum atomic E-state index is -4.28. The molecule has 0 heterocycles. The molecule has 1 unspecified atom stereocenters. The molecule has 0 aromatic heterocycles. The average Bonchev–Trinajstić information content (AvgIpc) is 2.16. The third-order valence-electron chi connectivity index (χ3n) is 1.82. The van der Waals surface area contributed by atoms with Crippen molar-refractivity contribution >= 4 is 18.4 Å². The van der Waals surface area contributed by atoms with Gasteiger partial charge >= 0.3 is 8.25 Å². The number of rotatable bonds is 5. The molecule has 0 aliphatic heterocycles. The Morgan fingerprint density at radius 2 is 1.88 bits per heavy atom. The van der Waals surface area contributed by atoms with Crippen molar-refractivity contribution in [3.8, 4) is 0 Å². The van der Waals surface area contributed by atoms with Crippen LogP contribution in [0, 0.1) is 0 Å². The molecule has 1 aromatic rings. The molecule has 0 saturated heterocycles. The Bertz CT molecular complexity index is 489. The quantitative estimate of drug-likeness (QED) is 0.606. The van der Waals surface area contributed by atoms with E-state index in [0.717, 1.165) is 0 Å². The molecule has 0 aliphatic carbocycles. The smallest absolute Gasteiger partial charge is 0.282 e. The van der Waals surface area contributed by atoms with Crippen molar-refractivity contribution in [1.29, 1.82) is 0 Å². The van der Waals surface area contributed by atoms with Gasteiger partial charge < -0.3 is 0 Å². The van der Waals surface area contributed by atoms with Gasteiger partial charge in [0.2, 0.25) is 0 Å². The van der Waals surface area contributed by atoms with E-state index in [2.05, 4.69) is 4.52 Å². The fraction of sp³-hybridized carbons (Fsp3) is 0.250. The van der Waals surface area contributed by atoms with Gasteiger partial charge in [-0.2, -0.15) is 8.42 Å². The summed E-state index contributed by atoms with van der Waals surface area (Å²) in [4.78, 5) is 8.16. The van der Waals surface area contributed by atoms with E-state index in [4.69, 9.17) is 9.45 Å². The van der Waals surface area contributed by atoms with Crippen LogP contribution in [0.15, 0.2) is 29.2 Å². The minimum absolute atomic E-state index is 0. The van der Waals surface area contributed by atoms with Crippen molar-refractivity contribution in [3.63, 3.8) is 0 Å². The first-order valence-corrected chi connectivity index (χ1v) is 6.83. The third kappa shape index (κ3) is 5.95. The van der Waals surface area contributed by atoms with E-state index in [-0.39, 0.29) is 44.1 Å². The minimum Gasteiger partial charge on any atom is -0.282 e. The van der Waals surface area contributed by atoms with Gasteiger partial charge in [-0.1, -0.05) is 18.2 Å². The van der Waals surface area contributed by atoms with Crippen LogP contribution >= 0.6 is 8.25 Å². The van der Waals surface area contributed by atoms with Gasteiger partial charge in [-0.25, -0.2) is 0 Å². The Morgan fingerprint density at radius 1 is 1.29 bits per heavy atom. The molecule has 2 N–H and O–H groups in total. The topological polar surface area (TPSA) is 101 Å². The Hall–Kier alpha value is 0.0331. The first kappa shape index (κ1) is 17.0. The van der Waals surface area contributed by atoms with Crippen LogP contribution in [-0.4, -0.2) is 24.5 Å². The van der Waals surface area contributed by atoms with Gasteiger partial charge in [-0.3, -0.25) is 4.55 Å². The molecule has 0 fully saturated rings. The van der Waals surface area contributed by atoms with Gasteiger partial charge in [0.05, 0.1) is 4.90 Å². The summed E-state index contributed by atoms with van der Waals surface area (Å²) in [5, 5.41) is 0. The van der Waals surface area contributed by atoms with Crippen LogP contribution in [-0.2, 0) is 51.8 Å². The van der Waals surface area contributed by atoms with Crippen LogP contribution < -0.4 is 0 Å². The third-order valence-corrected chi connectivity index (χ3v) is 3.18. The van der Waals surface area contributed by atoms with Crippen LogP contribution in [0.3, 0.4) is 0 Å². The van der Waals surface area contributed by atoms with E-state index >= 15 is 0 Å². The van der Waals surface area contributed by atoms with E-state index in [1.54, 1.807) is 6.07 Å². The summed E-state index contributed by atoms with van der Waals surface area (Å²) in [7, 11) is -6.97. The van der Waals surface area contributed by atoms with E-state index < -0.39 is 18.4 Å². The van der Waals surface area contributed by atoms with Crippen molar-refractivity contribution in [2.75, 3.05) is 6.61 Å². The van der Waals surface area contributed by atoms with Crippen molar-refractivity contribution in [3.05, 3.63) is 29.8 Å². The maximum atomic E-state index is 11.0. The number of hydrogen-bond donors (Lipinski definition) is 2. The normalized spacial score (nSPS) is 11.8. The molecular weight excluding hydrogens is 346 g/mol. The SMILES string of the molecule is O=[P+](O)OCCc1ccccc1S(=O)(=O)O.[Zr]. The standard InChI is InChI=1S/C8H9O6PS.Zr/c9-15(10)14-6-5-7-3-1-2-4-8(7)16(11,12)13;/h1-4H,5-6H2,(H-,9,10,11,12,13);/p+1. The van der Waals surface area contributed by atoms with E-state index in [1.807, 2.05) is 0 Å². The maximum absolute atomic E-state index is 11.0. The summed E-state index contributed by atoms with van der Waals surface area (Å²) in [6, 6.07) is 5.82. The molecule has 92 valence electrons. The van der Waals surface area contributed by atoms with Gasteiger partial charge in [0.25, 0.3) is 10.1 Å². The fourth-order valence-electron chi connectivity index (χ4n) is 1.20. The molecule has 0 spiro atoms.